The van der Waals surface area contributed by atoms with Crippen molar-refractivity contribution in [2.45, 2.75) is 37.8 Å². The van der Waals surface area contributed by atoms with E-state index in [1.807, 2.05) is 0 Å². The first-order valence-electron chi connectivity index (χ1n) is 12.5. The number of sulfonamides is 1. The molecule has 0 aliphatic heterocycles. The predicted octanol–water partition coefficient (Wildman–Crippen LogP) is 5.79. The number of methoxy groups -OCH3 is 1. The Morgan fingerprint density at radius 3 is 2.12 bits per heavy atom. The van der Waals surface area contributed by atoms with Crippen molar-refractivity contribution in [2.24, 2.45) is 0 Å². The van der Waals surface area contributed by atoms with Crippen molar-refractivity contribution in [3.05, 3.63) is 87.4 Å². The molecule has 3 aromatic carbocycles. The van der Waals surface area contributed by atoms with Gasteiger partial charge in [-0.2, -0.15) is 0 Å². The lowest BCUT2D eigenvalue weighted by Crippen LogP contribution is -2.52. The maximum atomic E-state index is 14.0. The highest BCUT2D eigenvalue weighted by atomic mass is 35.5. The standard InChI is InChI=1S/C28H30Cl3N3O5S/c1-4-26(28(36)32-5-2)33(17-23-24(30)10-7-11-25(23)31)27(35)18-34(20-9-6-8-19(29)16-20)40(37,38)22-14-12-21(39-3)13-15-22/h6-16,26H,4-5,17-18H2,1-3H3,(H,32,36)/t26-/m1/s1. The summed E-state index contributed by atoms with van der Waals surface area (Å²) in [5.74, 6) is -0.542. The Hall–Kier alpha value is -2.98. The summed E-state index contributed by atoms with van der Waals surface area (Å²) in [5.41, 5.74) is 0.618. The van der Waals surface area contributed by atoms with Crippen molar-refractivity contribution in [1.29, 1.82) is 0 Å². The van der Waals surface area contributed by atoms with Crippen LogP contribution in [0, 0.1) is 0 Å². The normalized spacial score (nSPS) is 11.9. The third-order valence-corrected chi connectivity index (χ3v) is 8.88. The van der Waals surface area contributed by atoms with Gasteiger partial charge in [-0.3, -0.25) is 13.9 Å². The Kier molecular flexibility index (Phi) is 11.1. The van der Waals surface area contributed by atoms with Crippen molar-refractivity contribution in [3.8, 4) is 5.75 Å². The van der Waals surface area contributed by atoms with Crippen LogP contribution < -0.4 is 14.4 Å². The van der Waals surface area contributed by atoms with Crippen LogP contribution in [0.1, 0.15) is 25.8 Å². The van der Waals surface area contributed by atoms with Gasteiger partial charge >= 0.3 is 0 Å². The van der Waals surface area contributed by atoms with Crippen LogP contribution in [0.2, 0.25) is 15.1 Å². The summed E-state index contributed by atoms with van der Waals surface area (Å²) in [5, 5.41) is 3.66. The molecule has 1 N–H and O–H groups in total. The minimum atomic E-state index is -4.26. The van der Waals surface area contributed by atoms with Gasteiger partial charge in [0.15, 0.2) is 0 Å². The smallest absolute Gasteiger partial charge is 0.264 e. The van der Waals surface area contributed by atoms with Gasteiger partial charge < -0.3 is 15.0 Å². The number of carbonyl (C=O) groups excluding carboxylic acids is 2. The van der Waals surface area contributed by atoms with Gasteiger partial charge in [-0.1, -0.05) is 53.9 Å². The van der Waals surface area contributed by atoms with E-state index < -0.39 is 28.5 Å². The van der Waals surface area contributed by atoms with E-state index in [2.05, 4.69) is 5.32 Å². The van der Waals surface area contributed by atoms with Gasteiger partial charge in [0.05, 0.1) is 17.7 Å². The van der Waals surface area contributed by atoms with E-state index in [0.717, 1.165) is 4.31 Å². The lowest BCUT2D eigenvalue weighted by atomic mass is 10.1. The first kappa shape index (κ1) is 31.5. The fourth-order valence-corrected chi connectivity index (χ4v) is 6.21. The summed E-state index contributed by atoms with van der Waals surface area (Å²) >= 11 is 19.0. The number of benzene rings is 3. The highest BCUT2D eigenvalue weighted by molar-refractivity contribution is 7.92. The number of likely N-dealkylation sites (N-methyl/N-ethyl adjacent to an activating group) is 1. The average Bonchev–Trinajstić information content (AvgIpc) is 2.93. The zero-order valence-electron chi connectivity index (χ0n) is 22.2. The van der Waals surface area contributed by atoms with E-state index in [0.29, 0.717) is 27.9 Å². The Bertz CT molecular complexity index is 1430. The SMILES string of the molecule is CCNC(=O)[C@@H](CC)N(Cc1c(Cl)cccc1Cl)C(=O)CN(c1cccc(Cl)c1)S(=O)(=O)c1ccc(OC)cc1. The molecule has 12 heteroatoms. The molecular formula is C28H30Cl3N3O5S. The summed E-state index contributed by atoms with van der Waals surface area (Å²) in [6, 6.07) is 16.0. The molecule has 0 aromatic heterocycles. The van der Waals surface area contributed by atoms with E-state index in [1.54, 1.807) is 44.2 Å². The molecule has 3 rings (SSSR count). The molecule has 1 atom stereocenters. The molecule has 0 saturated heterocycles. The van der Waals surface area contributed by atoms with Gasteiger partial charge in [-0.25, -0.2) is 8.42 Å². The topological polar surface area (TPSA) is 96.0 Å². The highest BCUT2D eigenvalue weighted by Gasteiger charge is 2.34. The van der Waals surface area contributed by atoms with Crippen LogP contribution in [0.5, 0.6) is 5.75 Å². The molecule has 8 nitrogen and oxygen atoms in total. The fourth-order valence-electron chi connectivity index (χ4n) is 4.10. The minimum absolute atomic E-state index is 0.0578. The number of hydrogen-bond donors (Lipinski definition) is 1. The molecule has 214 valence electrons. The number of ether oxygens (including phenoxy) is 1. The Balaban J connectivity index is 2.10. The second-order valence-corrected chi connectivity index (χ2v) is 11.8. The van der Waals surface area contributed by atoms with Crippen molar-refractivity contribution in [1.82, 2.24) is 10.2 Å². The molecule has 0 spiro atoms. The van der Waals surface area contributed by atoms with Gasteiger partial charge in [0, 0.05) is 33.7 Å². The number of nitrogens with zero attached hydrogens (tertiary/aromatic N) is 2. The van der Waals surface area contributed by atoms with E-state index in [1.165, 1.54) is 48.4 Å². The predicted molar refractivity (Wildman–Crippen MR) is 159 cm³/mol. The molecule has 0 aliphatic carbocycles. The van der Waals surface area contributed by atoms with Crippen LogP contribution in [0.3, 0.4) is 0 Å². The van der Waals surface area contributed by atoms with Crippen molar-refractivity contribution in [2.75, 3.05) is 24.5 Å². The number of amides is 2. The Morgan fingerprint density at radius 2 is 1.57 bits per heavy atom. The third-order valence-electron chi connectivity index (χ3n) is 6.15. The number of hydrogen-bond acceptors (Lipinski definition) is 5. The van der Waals surface area contributed by atoms with Crippen LogP contribution in [-0.4, -0.2) is 51.4 Å². The summed E-state index contributed by atoms with van der Waals surface area (Å²) in [7, 11) is -2.79. The molecule has 0 radical (unpaired) electrons. The second-order valence-electron chi connectivity index (χ2n) is 8.71. The molecule has 0 unspecified atom stereocenters. The van der Waals surface area contributed by atoms with Gasteiger partial charge in [0.2, 0.25) is 11.8 Å². The molecule has 40 heavy (non-hydrogen) atoms. The Morgan fingerprint density at radius 1 is 0.950 bits per heavy atom. The first-order chi connectivity index (χ1) is 19.0. The fraction of sp³-hybridized carbons (Fsp3) is 0.286. The number of nitrogens with one attached hydrogen (secondary N) is 1. The molecule has 0 fully saturated rings. The van der Waals surface area contributed by atoms with Gasteiger partial charge in [-0.15, -0.1) is 0 Å². The van der Waals surface area contributed by atoms with Gasteiger partial charge in [0.25, 0.3) is 10.0 Å². The van der Waals surface area contributed by atoms with E-state index in [-0.39, 0.29) is 34.5 Å². The summed E-state index contributed by atoms with van der Waals surface area (Å²) < 4.78 is 33.9. The summed E-state index contributed by atoms with van der Waals surface area (Å²) in [6.07, 6.45) is 0.266. The molecular weight excluding hydrogens is 597 g/mol. The lowest BCUT2D eigenvalue weighted by molar-refractivity contribution is -0.140. The zero-order chi connectivity index (χ0) is 29.4. The monoisotopic (exact) mass is 625 g/mol. The van der Waals surface area contributed by atoms with Gasteiger partial charge in [0.1, 0.15) is 18.3 Å². The van der Waals surface area contributed by atoms with Crippen LogP contribution in [0.4, 0.5) is 5.69 Å². The van der Waals surface area contributed by atoms with E-state index in [9.17, 15) is 18.0 Å². The number of anilines is 1. The first-order valence-corrected chi connectivity index (χ1v) is 15.0. The summed E-state index contributed by atoms with van der Waals surface area (Å²) in [6.45, 7) is 3.15. The lowest BCUT2D eigenvalue weighted by Gasteiger charge is -2.33. The quantitative estimate of drug-likeness (QED) is 0.274. The molecule has 0 aliphatic rings. The number of halogens is 3. The van der Waals surface area contributed by atoms with Crippen LogP contribution in [-0.2, 0) is 26.2 Å². The molecule has 0 bridgehead atoms. The molecule has 3 aromatic rings. The second kappa shape index (κ2) is 14.1. The third kappa shape index (κ3) is 7.40. The minimum Gasteiger partial charge on any atom is -0.497 e. The number of carbonyl (C=O) groups is 2. The molecule has 0 saturated carbocycles. The van der Waals surface area contributed by atoms with E-state index >= 15 is 0 Å². The van der Waals surface area contributed by atoms with Crippen LogP contribution >= 0.6 is 34.8 Å². The molecule has 0 heterocycles. The van der Waals surface area contributed by atoms with Crippen LogP contribution in [0.25, 0.3) is 0 Å². The van der Waals surface area contributed by atoms with Crippen molar-refractivity contribution < 1.29 is 22.7 Å². The maximum absolute atomic E-state index is 14.0. The maximum Gasteiger partial charge on any atom is 0.264 e. The van der Waals surface area contributed by atoms with Crippen molar-refractivity contribution >= 4 is 62.3 Å². The molecule has 2 amide bonds. The average molecular weight is 627 g/mol. The largest absolute Gasteiger partial charge is 0.497 e. The van der Waals surface area contributed by atoms with Crippen molar-refractivity contribution in [3.63, 3.8) is 0 Å². The Labute approximate surface area is 249 Å². The highest BCUT2D eigenvalue weighted by Crippen LogP contribution is 2.30. The van der Waals surface area contributed by atoms with Gasteiger partial charge in [-0.05, 0) is 67.9 Å². The summed E-state index contributed by atoms with van der Waals surface area (Å²) in [4.78, 5) is 28.3. The number of rotatable bonds is 12. The van der Waals surface area contributed by atoms with E-state index in [4.69, 9.17) is 39.5 Å². The van der Waals surface area contributed by atoms with Crippen LogP contribution in [0.15, 0.2) is 71.6 Å². The zero-order valence-corrected chi connectivity index (χ0v) is 25.3.